The van der Waals surface area contributed by atoms with E-state index >= 15 is 0 Å². The minimum absolute atomic E-state index is 0.0719. The first kappa shape index (κ1) is 12.7. The molecule has 0 aliphatic rings. The Hall–Kier alpha value is -0.710. The molecule has 0 saturated heterocycles. The molecule has 2 aromatic rings. The normalized spacial score (nSPS) is 12.6. The minimum Gasteiger partial charge on any atom is -0.306 e. The van der Waals surface area contributed by atoms with Gasteiger partial charge in [0.25, 0.3) is 0 Å². The van der Waals surface area contributed by atoms with Crippen LogP contribution in [0.5, 0.6) is 0 Å². The lowest BCUT2D eigenvalue weighted by Gasteiger charge is -2.17. The van der Waals surface area contributed by atoms with Gasteiger partial charge in [-0.15, -0.1) is 11.3 Å². The van der Waals surface area contributed by atoms with E-state index in [2.05, 4.69) is 34.2 Å². The highest BCUT2D eigenvalue weighted by Crippen LogP contribution is 2.28. The van der Waals surface area contributed by atoms with Crippen LogP contribution in [0.2, 0.25) is 0 Å². The summed E-state index contributed by atoms with van der Waals surface area (Å²) in [7, 11) is 0. The van der Waals surface area contributed by atoms with Gasteiger partial charge in [-0.2, -0.15) is 0 Å². The van der Waals surface area contributed by atoms with Crippen molar-refractivity contribution in [3.8, 4) is 0 Å². The Morgan fingerprint density at radius 3 is 2.82 bits per heavy atom. The summed E-state index contributed by atoms with van der Waals surface area (Å²) >= 11 is 4.85. The molecular weight excluding hydrogens is 301 g/mol. The van der Waals surface area contributed by atoms with Crippen LogP contribution in [0, 0.1) is 5.82 Å². The smallest absolute Gasteiger partial charge is 0.137 e. The van der Waals surface area contributed by atoms with Gasteiger partial charge in [0.2, 0.25) is 0 Å². The Morgan fingerprint density at radius 1 is 1.41 bits per heavy atom. The van der Waals surface area contributed by atoms with Crippen LogP contribution in [-0.4, -0.2) is 6.54 Å². The maximum atomic E-state index is 13.6. The molecule has 0 amide bonds. The van der Waals surface area contributed by atoms with Gasteiger partial charge in [-0.3, -0.25) is 0 Å². The molecule has 0 saturated carbocycles. The van der Waals surface area contributed by atoms with Crippen LogP contribution < -0.4 is 5.32 Å². The lowest BCUT2D eigenvalue weighted by Crippen LogP contribution is -2.21. The molecule has 1 aromatic heterocycles. The van der Waals surface area contributed by atoms with Crippen molar-refractivity contribution >= 4 is 27.3 Å². The summed E-state index contributed by atoms with van der Waals surface area (Å²) in [5.74, 6) is -0.220. The van der Waals surface area contributed by atoms with Crippen molar-refractivity contribution in [1.82, 2.24) is 5.32 Å². The summed E-state index contributed by atoms with van der Waals surface area (Å²) in [6.07, 6.45) is 0. The number of hydrogen-bond donors (Lipinski definition) is 1. The quantitative estimate of drug-likeness (QED) is 0.885. The zero-order chi connectivity index (χ0) is 12.3. The average Bonchev–Trinajstić information content (AvgIpc) is 2.83. The maximum absolute atomic E-state index is 13.6. The van der Waals surface area contributed by atoms with Gasteiger partial charge in [-0.25, -0.2) is 4.39 Å². The summed E-state index contributed by atoms with van der Waals surface area (Å²) in [6.45, 7) is 2.90. The van der Waals surface area contributed by atoms with E-state index in [1.807, 2.05) is 17.5 Å². The van der Waals surface area contributed by atoms with Crippen molar-refractivity contribution in [2.75, 3.05) is 6.54 Å². The monoisotopic (exact) mass is 313 g/mol. The first-order chi connectivity index (χ1) is 8.22. The number of benzene rings is 1. The lowest BCUT2D eigenvalue weighted by molar-refractivity contribution is 0.602. The zero-order valence-corrected chi connectivity index (χ0v) is 11.8. The van der Waals surface area contributed by atoms with E-state index in [1.165, 1.54) is 4.88 Å². The van der Waals surface area contributed by atoms with E-state index < -0.39 is 0 Å². The average molecular weight is 314 g/mol. The molecule has 2 rings (SSSR count). The lowest BCUT2D eigenvalue weighted by atomic mass is 10.1. The molecule has 1 N–H and O–H groups in total. The van der Waals surface area contributed by atoms with Crippen LogP contribution in [-0.2, 0) is 0 Å². The van der Waals surface area contributed by atoms with Gasteiger partial charge in [-0.05, 0) is 51.6 Å². The van der Waals surface area contributed by atoms with Gasteiger partial charge in [0, 0.05) is 4.88 Å². The van der Waals surface area contributed by atoms with E-state index in [-0.39, 0.29) is 11.9 Å². The highest BCUT2D eigenvalue weighted by atomic mass is 79.9. The number of hydrogen-bond acceptors (Lipinski definition) is 2. The van der Waals surface area contributed by atoms with Crippen molar-refractivity contribution in [3.05, 3.63) is 56.4 Å². The van der Waals surface area contributed by atoms with E-state index in [9.17, 15) is 4.39 Å². The largest absolute Gasteiger partial charge is 0.306 e. The molecule has 1 atom stereocenters. The topological polar surface area (TPSA) is 12.0 Å². The first-order valence-electron chi connectivity index (χ1n) is 5.44. The van der Waals surface area contributed by atoms with Crippen molar-refractivity contribution in [1.29, 1.82) is 0 Å². The van der Waals surface area contributed by atoms with Crippen molar-refractivity contribution < 1.29 is 4.39 Å². The molecule has 1 heterocycles. The molecule has 0 radical (unpaired) electrons. The molecule has 1 unspecified atom stereocenters. The minimum atomic E-state index is -0.220. The van der Waals surface area contributed by atoms with Crippen molar-refractivity contribution in [2.45, 2.75) is 13.0 Å². The highest BCUT2D eigenvalue weighted by molar-refractivity contribution is 9.10. The predicted octanol–water partition coefficient (Wildman–Crippen LogP) is 4.35. The predicted molar refractivity (Wildman–Crippen MR) is 73.9 cm³/mol. The van der Waals surface area contributed by atoms with Crippen molar-refractivity contribution in [3.63, 3.8) is 0 Å². The number of rotatable bonds is 4. The van der Waals surface area contributed by atoms with Crippen molar-refractivity contribution in [2.24, 2.45) is 0 Å². The number of thiophene rings is 1. The van der Waals surface area contributed by atoms with Gasteiger partial charge < -0.3 is 5.32 Å². The molecule has 0 bridgehead atoms. The highest BCUT2D eigenvalue weighted by Gasteiger charge is 2.15. The Labute approximate surface area is 113 Å². The molecule has 17 heavy (non-hydrogen) atoms. The fourth-order valence-corrected chi connectivity index (χ4v) is 2.81. The molecule has 1 aromatic carbocycles. The summed E-state index contributed by atoms with van der Waals surface area (Å²) < 4.78 is 14.1. The summed E-state index contributed by atoms with van der Waals surface area (Å²) in [4.78, 5) is 1.20. The second kappa shape index (κ2) is 5.76. The van der Waals surface area contributed by atoms with Gasteiger partial charge in [0.05, 0.1) is 10.5 Å². The molecule has 4 heteroatoms. The second-order valence-corrected chi connectivity index (χ2v) is 5.51. The zero-order valence-electron chi connectivity index (χ0n) is 9.41. The SMILES string of the molecule is CCNC(c1ccc(Br)c(F)c1)c1cccs1. The summed E-state index contributed by atoms with van der Waals surface area (Å²) in [5, 5.41) is 5.41. The third kappa shape index (κ3) is 2.94. The summed E-state index contributed by atoms with van der Waals surface area (Å²) in [6, 6.07) is 9.43. The van der Waals surface area contributed by atoms with Gasteiger partial charge in [0.15, 0.2) is 0 Å². The maximum Gasteiger partial charge on any atom is 0.137 e. The van der Waals surface area contributed by atoms with Crippen LogP contribution in [0.4, 0.5) is 4.39 Å². The Morgan fingerprint density at radius 2 is 2.24 bits per heavy atom. The van der Waals surface area contributed by atoms with Crippen LogP contribution in [0.3, 0.4) is 0 Å². The van der Waals surface area contributed by atoms with E-state index in [1.54, 1.807) is 23.5 Å². The second-order valence-electron chi connectivity index (χ2n) is 3.68. The third-order valence-electron chi connectivity index (χ3n) is 2.51. The molecule has 0 aliphatic carbocycles. The van der Waals surface area contributed by atoms with Gasteiger partial charge in [-0.1, -0.05) is 19.1 Å². The molecule has 0 spiro atoms. The fourth-order valence-electron chi connectivity index (χ4n) is 1.73. The van der Waals surface area contributed by atoms with E-state index in [4.69, 9.17) is 0 Å². The van der Waals surface area contributed by atoms with Crippen LogP contribution in [0.25, 0.3) is 0 Å². The van der Waals surface area contributed by atoms with E-state index in [0.29, 0.717) is 4.47 Å². The van der Waals surface area contributed by atoms with Crippen LogP contribution in [0.1, 0.15) is 23.4 Å². The van der Waals surface area contributed by atoms with Gasteiger partial charge >= 0.3 is 0 Å². The van der Waals surface area contributed by atoms with E-state index in [0.717, 1.165) is 12.1 Å². The number of nitrogens with one attached hydrogen (secondary N) is 1. The third-order valence-corrected chi connectivity index (χ3v) is 4.09. The van der Waals surface area contributed by atoms with Crippen LogP contribution in [0.15, 0.2) is 40.2 Å². The van der Waals surface area contributed by atoms with Gasteiger partial charge in [0.1, 0.15) is 5.82 Å². The Bertz CT molecular complexity index is 484. The molecule has 0 fully saturated rings. The molecule has 90 valence electrons. The molecular formula is C13H13BrFNS. The fraction of sp³-hybridized carbons (Fsp3) is 0.231. The molecule has 1 nitrogen and oxygen atoms in total. The molecule has 0 aliphatic heterocycles. The summed E-state index contributed by atoms with van der Waals surface area (Å²) in [5.41, 5.74) is 0.954. The van der Waals surface area contributed by atoms with Crippen LogP contribution >= 0.6 is 27.3 Å². The number of halogens is 2. The Kier molecular flexibility index (Phi) is 4.31. The standard InChI is InChI=1S/C13H13BrFNS/c1-2-16-13(12-4-3-7-17-12)9-5-6-10(14)11(15)8-9/h3-8,13,16H,2H2,1H3. The first-order valence-corrected chi connectivity index (χ1v) is 7.11. The Balaban J connectivity index is 2.35.